The van der Waals surface area contributed by atoms with Crippen LogP contribution in [0.5, 0.6) is 0 Å². The van der Waals surface area contributed by atoms with Crippen LogP contribution in [0.2, 0.25) is 0 Å². The highest BCUT2D eigenvalue weighted by Gasteiger charge is 2.24. The Kier molecular flexibility index (Phi) is 4.74. The van der Waals surface area contributed by atoms with Crippen LogP contribution in [0, 0.1) is 17.1 Å². The lowest BCUT2D eigenvalue weighted by Gasteiger charge is -2.19. The number of nitrogens with zero attached hydrogens (tertiary/aromatic N) is 2. The lowest BCUT2D eigenvalue weighted by molar-refractivity contribution is 0.0960. The average Bonchev–Trinajstić information content (AvgIpc) is 2.97. The van der Waals surface area contributed by atoms with Crippen molar-refractivity contribution in [3.05, 3.63) is 53.3 Å². The fourth-order valence-corrected chi connectivity index (χ4v) is 3.76. The smallest absolute Gasteiger partial charge is 0.256 e. The summed E-state index contributed by atoms with van der Waals surface area (Å²) >= 11 is 0. The number of hydrogen-bond donors (Lipinski definition) is 1. The van der Waals surface area contributed by atoms with Gasteiger partial charge in [0.2, 0.25) is 0 Å². The van der Waals surface area contributed by atoms with Crippen LogP contribution in [0.3, 0.4) is 0 Å². The van der Waals surface area contributed by atoms with E-state index >= 15 is 0 Å². The molecule has 1 aliphatic rings. The number of amides is 1. The van der Waals surface area contributed by atoms with Crippen molar-refractivity contribution in [1.29, 1.82) is 5.26 Å². The standard InChI is InChI=1S/C22H20FN3O2/c1-26-11-3-2-4-15-12-17-19(13-18(15)26)28-21(14-5-7-16(23)8-6-14)20(17)22(27)25-10-9-24/h5-8,12-13H,2-4,10-11H2,1H3,(H,25,27). The molecule has 1 aromatic heterocycles. The van der Waals surface area contributed by atoms with Crippen molar-refractivity contribution >= 4 is 22.6 Å². The number of carbonyl (C=O) groups is 1. The van der Waals surface area contributed by atoms with Crippen molar-refractivity contribution in [1.82, 2.24) is 5.32 Å². The van der Waals surface area contributed by atoms with Crippen LogP contribution in [0.15, 0.2) is 40.8 Å². The molecule has 6 heteroatoms. The number of carbonyl (C=O) groups excluding carboxylic acids is 1. The molecule has 1 amide bonds. The molecule has 2 heterocycles. The van der Waals surface area contributed by atoms with Crippen LogP contribution in [0.4, 0.5) is 10.1 Å². The zero-order chi connectivity index (χ0) is 19.7. The summed E-state index contributed by atoms with van der Waals surface area (Å²) in [6, 6.07) is 11.8. The molecule has 1 aliphatic heterocycles. The summed E-state index contributed by atoms with van der Waals surface area (Å²) < 4.78 is 19.5. The molecule has 5 nitrogen and oxygen atoms in total. The highest BCUT2D eigenvalue weighted by molar-refractivity contribution is 6.12. The fourth-order valence-electron chi connectivity index (χ4n) is 3.76. The van der Waals surface area contributed by atoms with Crippen LogP contribution in [0.1, 0.15) is 28.8 Å². The molecule has 2 aromatic carbocycles. The molecule has 142 valence electrons. The van der Waals surface area contributed by atoms with E-state index in [1.54, 1.807) is 12.1 Å². The van der Waals surface area contributed by atoms with Gasteiger partial charge in [0.15, 0.2) is 0 Å². The number of hydrogen-bond acceptors (Lipinski definition) is 4. The Morgan fingerprint density at radius 2 is 2.07 bits per heavy atom. The van der Waals surface area contributed by atoms with E-state index in [-0.39, 0.29) is 18.3 Å². The fraction of sp³-hybridized carbons (Fsp3) is 0.273. The third-order valence-corrected chi connectivity index (χ3v) is 5.15. The number of halogens is 1. The molecular formula is C22H20FN3O2. The van der Waals surface area contributed by atoms with Crippen molar-refractivity contribution in [3.63, 3.8) is 0 Å². The quantitative estimate of drug-likeness (QED) is 0.692. The maximum absolute atomic E-state index is 13.4. The molecule has 4 rings (SSSR count). The van der Waals surface area contributed by atoms with Gasteiger partial charge in [-0.05, 0) is 55.2 Å². The average molecular weight is 377 g/mol. The van der Waals surface area contributed by atoms with Crippen molar-refractivity contribution in [2.24, 2.45) is 0 Å². The van der Waals surface area contributed by atoms with Gasteiger partial charge in [0, 0.05) is 36.3 Å². The monoisotopic (exact) mass is 377 g/mol. The number of nitrogens with one attached hydrogen (secondary N) is 1. The number of benzene rings is 2. The van der Waals surface area contributed by atoms with Gasteiger partial charge in [0.25, 0.3) is 5.91 Å². The highest BCUT2D eigenvalue weighted by Crippen LogP contribution is 2.38. The van der Waals surface area contributed by atoms with Gasteiger partial charge in [-0.1, -0.05) is 0 Å². The highest BCUT2D eigenvalue weighted by atomic mass is 19.1. The second-order valence-electron chi connectivity index (χ2n) is 7.01. The minimum atomic E-state index is -0.374. The number of anilines is 1. The van der Waals surface area contributed by atoms with Gasteiger partial charge in [-0.15, -0.1) is 0 Å². The van der Waals surface area contributed by atoms with E-state index in [4.69, 9.17) is 9.68 Å². The molecular weight excluding hydrogens is 357 g/mol. The third kappa shape index (κ3) is 3.20. The summed E-state index contributed by atoms with van der Waals surface area (Å²) in [6.07, 6.45) is 3.14. The van der Waals surface area contributed by atoms with Gasteiger partial charge >= 0.3 is 0 Å². The number of aryl methyl sites for hydroxylation is 1. The first kappa shape index (κ1) is 18.1. The van der Waals surface area contributed by atoms with E-state index < -0.39 is 0 Å². The third-order valence-electron chi connectivity index (χ3n) is 5.15. The van der Waals surface area contributed by atoms with E-state index in [1.807, 2.05) is 18.2 Å². The Morgan fingerprint density at radius 3 is 2.82 bits per heavy atom. The molecule has 0 saturated heterocycles. The first-order chi connectivity index (χ1) is 13.6. The van der Waals surface area contributed by atoms with E-state index in [1.165, 1.54) is 17.7 Å². The molecule has 0 spiro atoms. The Morgan fingerprint density at radius 1 is 1.29 bits per heavy atom. The molecule has 28 heavy (non-hydrogen) atoms. The summed E-state index contributed by atoms with van der Waals surface area (Å²) in [4.78, 5) is 15.0. The summed E-state index contributed by atoms with van der Waals surface area (Å²) in [6.45, 7) is 0.877. The van der Waals surface area contributed by atoms with Crippen LogP contribution >= 0.6 is 0 Å². The van der Waals surface area contributed by atoms with Crippen LogP contribution in [-0.4, -0.2) is 26.0 Å². The van der Waals surface area contributed by atoms with Gasteiger partial charge in [0.05, 0.1) is 11.6 Å². The van der Waals surface area contributed by atoms with Gasteiger partial charge in [-0.2, -0.15) is 5.26 Å². The summed E-state index contributed by atoms with van der Waals surface area (Å²) in [5.41, 5.74) is 3.88. The van der Waals surface area contributed by atoms with Gasteiger partial charge < -0.3 is 14.6 Å². The molecule has 0 radical (unpaired) electrons. The van der Waals surface area contributed by atoms with E-state index in [0.717, 1.165) is 31.5 Å². The molecule has 0 unspecified atom stereocenters. The maximum atomic E-state index is 13.4. The van der Waals surface area contributed by atoms with E-state index in [9.17, 15) is 9.18 Å². The molecule has 0 bridgehead atoms. The zero-order valence-corrected chi connectivity index (χ0v) is 15.6. The Labute approximate surface area is 162 Å². The lowest BCUT2D eigenvalue weighted by Crippen LogP contribution is -2.23. The van der Waals surface area contributed by atoms with E-state index in [2.05, 4.69) is 17.3 Å². The molecule has 0 atom stereocenters. The molecule has 3 aromatic rings. The summed E-state index contributed by atoms with van der Waals surface area (Å²) in [5.74, 6) is -0.349. The second kappa shape index (κ2) is 7.35. The van der Waals surface area contributed by atoms with Gasteiger partial charge in [-0.25, -0.2) is 4.39 Å². The summed E-state index contributed by atoms with van der Waals surface area (Å²) in [5, 5.41) is 12.1. The van der Waals surface area contributed by atoms with Gasteiger partial charge in [-0.3, -0.25) is 4.79 Å². The Balaban J connectivity index is 1.93. The Hall–Kier alpha value is -3.33. The predicted molar refractivity (Wildman–Crippen MR) is 106 cm³/mol. The topological polar surface area (TPSA) is 69.3 Å². The number of fused-ring (bicyclic) bond motifs is 2. The number of rotatable bonds is 3. The minimum Gasteiger partial charge on any atom is -0.455 e. The summed E-state index contributed by atoms with van der Waals surface area (Å²) in [7, 11) is 2.06. The van der Waals surface area contributed by atoms with Crippen LogP contribution < -0.4 is 10.2 Å². The largest absolute Gasteiger partial charge is 0.455 e. The normalized spacial score (nSPS) is 13.7. The maximum Gasteiger partial charge on any atom is 0.256 e. The first-order valence-corrected chi connectivity index (χ1v) is 9.30. The molecule has 1 N–H and O–H groups in total. The predicted octanol–water partition coefficient (Wildman–Crippen LogP) is 4.26. The van der Waals surface area contributed by atoms with Crippen molar-refractivity contribution in [3.8, 4) is 17.4 Å². The van der Waals surface area contributed by atoms with Gasteiger partial charge in [0.1, 0.15) is 23.7 Å². The Bertz CT molecular complexity index is 1080. The molecule has 0 saturated carbocycles. The van der Waals surface area contributed by atoms with E-state index in [0.29, 0.717) is 27.9 Å². The molecule has 0 fully saturated rings. The van der Waals surface area contributed by atoms with Crippen molar-refractivity contribution < 1.29 is 13.6 Å². The van der Waals surface area contributed by atoms with Crippen molar-refractivity contribution in [2.45, 2.75) is 19.3 Å². The molecule has 0 aliphatic carbocycles. The minimum absolute atomic E-state index is 0.0952. The van der Waals surface area contributed by atoms with Crippen LogP contribution in [-0.2, 0) is 6.42 Å². The van der Waals surface area contributed by atoms with Crippen LogP contribution in [0.25, 0.3) is 22.3 Å². The SMILES string of the molecule is CN1CCCCc2cc3c(C(=O)NCC#N)c(-c4ccc(F)cc4)oc3cc21. The second-order valence-corrected chi connectivity index (χ2v) is 7.01. The lowest BCUT2D eigenvalue weighted by atomic mass is 10.0. The number of furan rings is 1. The zero-order valence-electron chi connectivity index (χ0n) is 15.6. The number of nitriles is 1. The van der Waals surface area contributed by atoms with Crippen molar-refractivity contribution in [2.75, 3.05) is 25.0 Å². The first-order valence-electron chi connectivity index (χ1n) is 9.30.